The van der Waals surface area contributed by atoms with Gasteiger partial charge in [-0.1, -0.05) is 36.6 Å². The van der Waals surface area contributed by atoms with Crippen LogP contribution in [0.5, 0.6) is 0 Å². The molecule has 6 heteroatoms. The van der Waals surface area contributed by atoms with Gasteiger partial charge in [-0.05, 0) is 30.5 Å². The Morgan fingerprint density at radius 3 is 2.57 bits per heavy atom. The van der Waals surface area contributed by atoms with E-state index in [2.05, 4.69) is 5.32 Å². The first kappa shape index (κ1) is 16.3. The number of benzene rings is 1. The molecule has 1 aliphatic carbocycles. The van der Waals surface area contributed by atoms with Gasteiger partial charge in [-0.15, -0.1) is 0 Å². The second kappa shape index (κ2) is 6.36. The van der Waals surface area contributed by atoms with Crippen molar-refractivity contribution in [2.45, 2.75) is 31.1 Å². The van der Waals surface area contributed by atoms with Crippen molar-refractivity contribution in [3.63, 3.8) is 0 Å². The summed E-state index contributed by atoms with van der Waals surface area (Å²) in [6.07, 6.45) is 4.70. The molecule has 116 valence electrons. The quantitative estimate of drug-likeness (QED) is 0.901. The van der Waals surface area contributed by atoms with Crippen LogP contribution in [0.3, 0.4) is 0 Å². The predicted octanol–water partition coefficient (Wildman–Crippen LogP) is 2.31. The number of amides is 1. The second-order valence-corrected chi connectivity index (χ2v) is 8.38. The molecule has 0 atom stereocenters. The van der Waals surface area contributed by atoms with Gasteiger partial charge < -0.3 is 5.32 Å². The molecule has 0 aliphatic heterocycles. The van der Waals surface area contributed by atoms with Crippen molar-refractivity contribution >= 4 is 27.3 Å². The average Bonchev–Trinajstić information content (AvgIpc) is 2.87. The lowest BCUT2D eigenvalue weighted by Gasteiger charge is -2.28. The van der Waals surface area contributed by atoms with Crippen molar-refractivity contribution in [1.29, 1.82) is 0 Å². The van der Waals surface area contributed by atoms with E-state index >= 15 is 0 Å². The molecule has 0 heterocycles. The highest BCUT2D eigenvalue weighted by Crippen LogP contribution is 2.41. The highest BCUT2D eigenvalue weighted by atomic mass is 35.5. The van der Waals surface area contributed by atoms with Crippen LogP contribution in [0.25, 0.3) is 0 Å². The minimum atomic E-state index is -3.07. The van der Waals surface area contributed by atoms with Crippen molar-refractivity contribution in [2.75, 3.05) is 18.6 Å². The lowest BCUT2D eigenvalue weighted by atomic mass is 9.78. The molecule has 1 saturated carbocycles. The number of hydrogen-bond donors (Lipinski definition) is 1. The molecule has 1 aromatic rings. The molecule has 0 unspecified atom stereocenters. The van der Waals surface area contributed by atoms with Crippen molar-refractivity contribution in [1.82, 2.24) is 5.32 Å². The van der Waals surface area contributed by atoms with Crippen molar-refractivity contribution < 1.29 is 13.2 Å². The zero-order valence-electron chi connectivity index (χ0n) is 12.1. The molecule has 0 aromatic heterocycles. The Kier molecular flexibility index (Phi) is 4.94. The molecule has 1 N–H and O–H groups in total. The molecule has 0 bridgehead atoms. The maximum atomic E-state index is 12.6. The standard InChI is InChI=1S/C15H20ClNO3S/c1-21(19,20)10-9-17-14(18)15(7-2-3-8-15)12-5-4-6-13(16)11-12/h4-6,11H,2-3,7-10H2,1H3,(H,17,18). The Bertz CT molecular complexity index is 622. The number of carbonyl (C=O) groups is 1. The number of rotatable bonds is 5. The molecule has 0 radical (unpaired) electrons. The highest BCUT2D eigenvalue weighted by Gasteiger charge is 2.42. The second-order valence-electron chi connectivity index (χ2n) is 5.69. The molecule has 1 fully saturated rings. The number of halogens is 1. The maximum Gasteiger partial charge on any atom is 0.230 e. The zero-order valence-corrected chi connectivity index (χ0v) is 13.6. The van der Waals surface area contributed by atoms with Crippen LogP contribution in [-0.2, 0) is 20.0 Å². The SMILES string of the molecule is CS(=O)(=O)CCNC(=O)C1(c2cccc(Cl)c2)CCCC1. The zero-order chi connectivity index (χ0) is 15.5. The lowest BCUT2D eigenvalue weighted by molar-refractivity contribution is -0.126. The third-order valence-electron chi connectivity index (χ3n) is 4.03. The van der Waals surface area contributed by atoms with Gasteiger partial charge in [-0.2, -0.15) is 0 Å². The van der Waals surface area contributed by atoms with Crippen LogP contribution in [-0.4, -0.2) is 32.9 Å². The van der Waals surface area contributed by atoms with Gasteiger partial charge in [0, 0.05) is 17.8 Å². The topological polar surface area (TPSA) is 63.2 Å². The number of nitrogens with one attached hydrogen (secondary N) is 1. The summed E-state index contributed by atoms with van der Waals surface area (Å²) in [5, 5.41) is 3.39. The van der Waals surface area contributed by atoms with Crippen LogP contribution >= 0.6 is 11.6 Å². The summed E-state index contributed by atoms with van der Waals surface area (Å²) in [5.41, 5.74) is 0.354. The minimum absolute atomic E-state index is 0.0373. The summed E-state index contributed by atoms with van der Waals surface area (Å²) in [4.78, 5) is 12.6. The van der Waals surface area contributed by atoms with Crippen LogP contribution < -0.4 is 5.32 Å². The highest BCUT2D eigenvalue weighted by molar-refractivity contribution is 7.90. The van der Waals surface area contributed by atoms with Crippen molar-refractivity contribution in [2.24, 2.45) is 0 Å². The van der Waals surface area contributed by atoms with E-state index in [0.717, 1.165) is 31.2 Å². The molecule has 4 nitrogen and oxygen atoms in total. The largest absolute Gasteiger partial charge is 0.354 e. The molecule has 1 amide bonds. The van der Waals surface area contributed by atoms with E-state index in [1.54, 1.807) is 6.07 Å². The fourth-order valence-electron chi connectivity index (χ4n) is 2.93. The first-order valence-electron chi connectivity index (χ1n) is 7.06. The van der Waals surface area contributed by atoms with Crippen LogP contribution in [0.15, 0.2) is 24.3 Å². The number of hydrogen-bond acceptors (Lipinski definition) is 3. The first-order valence-corrected chi connectivity index (χ1v) is 9.49. The number of carbonyl (C=O) groups excluding carboxylic acids is 1. The number of sulfone groups is 1. The molecule has 2 rings (SSSR count). The van der Waals surface area contributed by atoms with Crippen molar-refractivity contribution in [3.8, 4) is 0 Å². The first-order chi connectivity index (χ1) is 9.83. The maximum absolute atomic E-state index is 12.6. The molecular weight excluding hydrogens is 310 g/mol. The van der Waals surface area contributed by atoms with Gasteiger partial charge in [0.2, 0.25) is 5.91 Å². The molecule has 1 aliphatic rings. The van der Waals surface area contributed by atoms with E-state index in [1.165, 1.54) is 6.26 Å². The third kappa shape index (κ3) is 3.98. The van der Waals surface area contributed by atoms with E-state index in [9.17, 15) is 13.2 Å². The summed E-state index contributed by atoms with van der Waals surface area (Å²) < 4.78 is 22.3. The van der Waals surface area contributed by atoms with Crippen LogP contribution in [0.2, 0.25) is 5.02 Å². The summed E-state index contributed by atoms with van der Waals surface area (Å²) >= 11 is 6.04. The van der Waals surface area contributed by atoms with E-state index in [0.29, 0.717) is 5.02 Å². The Morgan fingerprint density at radius 1 is 1.33 bits per heavy atom. The van der Waals surface area contributed by atoms with Gasteiger partial charge >= 0.3 is 0 Å². The molecule has 1 aromatic carbocycles. The normalized spacial score (nSPS) is 17.6. The molecule has 0 spiro atoms. The van der Waals surface area contributed by atoms with Gasteiger partial charge in [-0.25, -0.2) is 8.42 Å². The smallest absolute Gasteiger partial charge is 0.230 e. The summed E-state index contributed by atoms with van der Waals surface area (Å²) in [5.74, 6) is -0.129. The van der Waals surface area contributed by atoms with Gasteiger partial charge in [0.25, 0.3) is 0 Å². The van der Waals surface area contributed by atoms with Gasteiger partial charge in [0.05, 0.1) is 11.2 Å². The molecule has 0 saturated heterocycles. The summed E-state index contributed by atoms with van der Waals surface area (Å²) in [7, 11) is -3.07. The monoisotopic (exact) mass is 329 g/mol. The van der Waals surface area contributed by atoms with E-state index in [-0.39, 0.29) is 18.2 Å². The minimum Gasteiger partial charge on any atom is -0.354 e. The van der Waals surface area contributed by atoms with Crippen LogP contribution in [0.4, 0.5) is 0 Å². The fourth-order valence-corrected chi connectivity index (χ4v) is 3.59. The molecular formula is C15H20ClNO3S. The summed E-state index contributed by atoms with van der Waals surface area (Å²) in [6.45, 7) is 0.153. The average molecular weight is 330 g/mol. The Hall–Kier alpha value is -1.07. The Balaban J connectivity index is 2.16. The third-order valence-corrected chi connectivity index (χ3v) is 5.21. The van der Waals surface area contributed by atoms with Gasteiger partial charge in [-0.3, -0.25) is 4.79 Å². The van der Waals surface area contributed by atoms with E-state index in [4.69, 9.17) is 11.6 Å². The van der Waals surface area contributed by atoms with Crippen LogP contribution in [0, 0.1) is 0 Å². The lowest BCUT2D eigenvalue weighted by Crippen LogP contribution is -2.44. The predicted molar refractivity (Wildman–Crippen MR) is 84.3 cm³/mol. The van der Waals surface area contributed by atoms with E-state index < -0.39 is 15.3 Å². The summed E-state index contributed by atoms with van der Waals surface area (Å²) in [6, 6.07) is 7.40. The Labute approximate surface area is 130 Å². The van der Waals surface area contributed by atoms with Crippen LogP contribution in [0.1, 0.15) is 31.2 Å². The van der Waals surface area contributed by atoms with Gasteiger partial charge in [0.15, 0.2) is 0 Å². The molecule has 21 heavy (non-hydrogen) atoms. The van der Waals surface area contributed by atoms with Gasteiger partial charge in [0.1, 0.15) is 9.84 Å². The Morgan fingerprint density at radius 2 is 2.00 bits per heavy atom. The van der Waals surface area contributed by atoms with E-state index in [1.807, 2.05) is 18.2 Å². The van der Waals surface area contributed by atoms with Crippen molar-refractivity contribution in [3.05, 3.63) is 34.9 Å². The fraction of sp³-hybridized carbons (Fsp3) is 0.533.